The van der Waals surface area contributed by atoms with Crippen LogP contribution in [0.25, 0.3) is 12.2 Å². The van der Waals surface area contributed by atoms with E-state index in [-0.39, 0.29) is 5.69 Å². The third-order valence-electron chi connectivity index (χ3n) is 3.06. The highest BCUT2D eigenvalue weighted by atomic mass is 16.6. The van der Waals surface area contributed by atoms with Gasteiger partial charge in [-0.25, -0.2) is 4.98 Å². The summed E-state index contributed by atoms with van der Waals surface area (Å²) in [6.45, 7) is 5.76. The Morgan fingerprint density at radius 3 is 2.15 bits per heavy atom. The number of nitro groups is 1. The number of hydrogen-bond donors (Lipinski definition) is 0. The molecule has 0 saturated heterocycles. The van der Waals surface area contributed by atoms with E-state index >= 15 is 0 Å². The average Bonchev–Trinajstić information content (AvgIpc) is 2.42. The van der Waals surface area contributed by atoms with Crippen LogP contribution in [0.2, 0.25) is 0 Å². The first kappa shape index (κ1) is 13.9. The molecule has 0 aliphatic carbocycles. The van der Waals surface area contributed by atoms with Gasteiger partial charge in [-0.1, -0.05) is 6.08 Å². The topological polar surface area (TPSA) is 68.9 Å². The van der Waals surface area contributed by atoms with Crippen LogP contribution in [0.5, 0.6) is 0 Å². The molecule has 0 bridgehead atoms. The molecule has 1 aromatic carbocycles. The minimum Gasteiger partial charge on any atom is -0.258 e. The quantitative estimate of drug-likeness (QED) is 0.632. The van der Waals surface area contributed by atoms with Crippen LogP contribution in [0.15, 0.2) is 24.3 Å². The second-order valence-electron chi connectivity index (χ2n) is 4.55. The predicted octanol–water partition coefficient (Wildman–Crippen LogP) is 3.48. The van der Waals surface area contributed by atoms with Crippen molar-refractivity contribution in [1.29, 1.82) is 0 Å². The van der Waals surface area contributed by atoms with Crippen molar-refractivity contribution in [2.24, 2.45) is 0 Å². The van der Waals surface area contributed by atoms with E-state index in [0.29, 0.717) is 0 Å². The van der Waals surface area contributed by atoms with Gasteiger partial charge in [-0.2, -0.15) is 0 Å². The summed E-state index contributed by atoms with van der Waals surface area (Å²) in [5.74, 6) is 0. The summed E-state index contributed by atoms with van der Waals surface area (Å²) < 4.78 is 0. The zero-order valence-electron chi connectivity index (χ0n) is 11.6. The Bertz CT molecular complexity index is 676. The molecule has 0 spiro atoms. The van der Waals surface area contributed by atoms with Crippen LogP contribution in [-0.2, 0) is 0 Å². The molecule has 0 unspecified atom stereocenters. The lowest BCUT2D eigenvalue weighted by Crippen LogP contribution is -1.98. The molecule has 2 aromatic rings. The minimum atomic E-state index is -0.410. The monoisotopic (exact) mass is 269 g/mol. The fourth-order valence-electron chi connectivity index (χ4n) is 1.77. The highest BCUT2D eigenvalue weighted by molar-refractivity contribution is 5.69. The summed E-state index contributed by atoms with van der Waals surface area (Å²) in [4.78, 5) is 19.1. The molecule has 5 nitrogen and oxygen atoms in total. The number of benzene rings is 1. The number of aryl methyl sites for hydroxylation is 3. The first-order valence-corrected chi connectivity index (χ1v) is 6.22. The van der Waals surface area contributed by atoms with Gasteiger partial charge in [0.25, 0.3) is 5.69 Å². The molecule has 0 saturated carbocycles. The number of non-ortho nitro benzene ring substituents is 1. The van der Waals surface area contributed by atoms with Crippen LogP contribution in [0, 0.1) is 30.9 Å². The fraction of sp³-hybridized carbons (Fsp3) is 0.200. The van der Waals surface area contributed by atoms with Gasteiger partial charge in [0.05, 0.1) is 27.7 Å². The SMILES string of the molecule is Cc1nc(C)c(/C=C/c2ccc([N+](=O)[O-])cc2)nc1C. The Morgan fingerprint density at radius 2 is 1.55 bits per heavy atom. The maximum Gasteiger partial charge on any atom is 0.269 e. The van der Waals surface area contributed by atoms with Crippen molar-refractivity contribution in [1.82, 2.24) is 9.97 Å². The van der Waals surface area contributed by atoms with Crippen LogP contribution in [0.4, 0.5) is 5.69 Å². The average molecular weight is 269 g/mol. The molecule has 5 heteroatoms. The Morgan fingerprint density at radius 1 is 0.950 bits per heavy atom. The van der Waals surface area contributed by atoms with Crippen molar-refractivity contribution in [3.8, 4) is 0 Å². The lowest BCUT2D eigenvalue weighted by molar-refractivity contribution is -0.384. The maximum atomic E-state index is 10.6. The number of hydrogen-bond acceptors (Lipinski definition) is 4. The molecule has 0 aliphatic heterocycles. The molecule has 2 rings (SSSR count). The van der Waals surface area contributed by atoms with Gasteiger partial charge in [0.1, 0.15) is 0 Å². The molecular weight excluding hydrogens is 254 g/mol. The normalized spacial score (nSPS) is 10.9. The Kier molecular flexibility index (Phi) is 3.89. The van der Waals surface area contributed by atoms with Gasteiger partial charge in [0.2, 0.25) is 0 Å². The van der Waals surface area contributed by atoms with Gasteiger partial charge in [-0.15, -0.1) is 0 Å². The zero-order chi connectivity index (χ0) is 14.7. The standard InChI is InChI=1S/C15H15N3O2/c1-10-11(2)17-15(12(3)16-10)9-6-13-4-7-14(8-5-13)18(19)20/h4-9H,1-3H3/b9-6+. The Balaban J connectivity index is 2.25. The molecular formula is C15H15N3O2. The molecule has 0 amide bonds. The van der Waals surface area contributed by atoms with Crippen LogP contribution >= 0.6 is 0 Å². The molecule has 102 valence electrons. The third-order valence-corrected chi connectivity index (χ3v) is 3.06. The molecule has 0 atom stereocenters. The van der Waals surface area contributed by atoms with E-state index in [1.165, 1.54) is 12.1 Å². The molecule has 0 fully saturated rings. The second-order valence-corrected chi connectivity index (χ2v) is 4.55. The minimum absolute atomic E-state index is 0.0873. The Labute approximate surface area is 117 Å². The van der Waals surface area contributed by atoms with Gasteiger partial charge in [-0.05, 0) is 44.5 Å². The third kappa shape index (κ3) is 3.06. The van der Waals surface area contributed by atoms with E-state index in [1.54, 1.807) is 12.1 Å². The number of rotatable bonds is 3. The molecule has 1 aromatic heterocycles. The van der Waals surface area contributed by atoms with E-state index in [4.69, 9.17) is 0 Å². The number of aromatic nitrogens is 2. The van der Waals surface area contributed by atoms with Gasteiger partial charge in [0.15, 0.2) is 0 Å². The van der Waals surface area contributed by atoms with Crippen molar-refractivity contribution >= 4 is 17.8 Å². The summed E-state index contributed by atoms with van der Waals surface area (Å²) in [6.07, 6.45) is 3.74. The predicted molar refractivity (Wildman–Crippen MR) is 78.3 cm³/mol. The highest BCUT2D eigenvalue weighted by Gasteiger charge is 2.04. The van der Waals surface area contributed by atoms with Crippen LogP contribution < -0.4 is 0 Å². The van der Waals surface area contributed by atoms with Crippen LogP contribution in [0.1, 0.15) is 28.3 Å². The van der Waals surface area contributed by atoms with Crippen molar-refractivity contribution in [2.45, 2.75) is 20.8 Å². The van der Waals surface area contributed by atoms with Crippen molar-refractivity contribution in [3.05, 3.63) is 62.7 Å². The fourth-order valence-corrected chi connectivity index (χ4v) is 1.77. The van der Waals surface area contributed by atoms with E-state index in [1.807, 2.05) is 32.9 Å². The van der Waals surface area contributed by atoms with E-state index in [9.17, 15) is 10.1 Å². The summed E-state index contributed by atoms with van der Waals surface area (Å²) in [5.41, 5.74) is 4.48. The lowest BCUT2D eigenvalue weighted by atomic mass is 10.1. The van der Waals surface area contributed by atoms with Crippen LogP contribution in [-0.4, -0.2) is 14.9 Å². The van der Waals surface area contributed by atoms with Gasteiger partial charge in [-0.3, -0.25) is 15.1 Å². The zero-order valence-corrected chi connectivity index (χ0v) is 11.6. The first-order chi connectivity index (χ1) is 9.47. The van der Waals surface area contributed by atoms with Crippen LogP contribution in [0.3, 0.4) is 0 Å². The van der Waals surface area contributed by atoms with E-state index in [0.717, 1.165) is 28.3 Å². The van der Waals surface area contributed by atoms with Crippen molar-refractivity contribution in [2.75, 3.05) is 0 Å². The van der Waals surface area contributed by atoms with E-state index < -0.39 is 4.92 Å². The molecule has 0 radical (unpaired) electrons. The summed E-state index contributed by atoms with van der Waals surface area (Å²) in [5, 5.41) is 10.6. The van der Waals surface area contributed by atoms with E-state index in [2.05, 4.69) is 9.97 Å². The molecule has 0 aliphatic rings. The smallest absolute Gasteiger partial charge is 0.258 e. The number of nitro benzene ring substituents is 1. The Hall–Kier alpha value is -2.56. The maximum absolute atomic E-state index is 10.6. The molecule has 1 heterocycles. The summed E-state index contributed by atoms with van der Waals surface area (Å²) in [6, 6.07) is 6.38. The highest BCUT2D eigenvalue weighted by Crippen LogP contribution is 2.15. The lowest BCUT2D eigenvalue weighted by Gasteiger charge is -2.03. The van der Waals surface area contributed by atoms with Gasteiger partial charge < -0.3 is 0 Å². The van der Waals surface area contributed by atoms with Gasteiger partial charge >= 0.3 is 0 Å². The molecule has 20 heavy (non-hydrogen) atoms. The molecule has 0 N–H and O–H groups in total. The second kappa shape index (κ2) is 5.61. The number of nitrogens with zero attached hydrogens (tertiary/aromatic N) is 3. The summed E-state index contributed by atoms with van der Waals surface area (Å²) >= 11 is 0. The first-order valence-electron chi connectivity index (χ1n) is 6.22. The van der Waals surface area contributed by atoms with Crippen molar-refractivity contribution < 1.29 is 4.92 Å². The van der Waals surface area contributed by atoms with Gasteiger partial charge in [0, 0.05) is 12.1 Å². The summed E-state index contributed by atoms with van der Waals surface area (Å²) in [7, 11) is 0. The largest absolute Gasteiger partial charge is 0.269 e. The van der Waals surface area contributed by atoms with Crippen molar-refractivity contribution in [3.63, 3.8) is 0 Å².